The Morgan fingerprint density at radius 1 is 1.09 bits per heavy atom. The lowest BCUT2D eigenvalue weighted by Crippen LogP contribution is -2.48. The zero-order valence-electron chi connectivity index (χ0n) is 18.3. The number of hydrogen-bond acceptors (Lipinski definition) is 5. The van der Waals surface area contributed by atoms with Gasteiger partial charge >= 0.3 is 0 Å². The number of aromatic nitrogens is 1. The Morgan fingerprint density at radius 3 is 2.50 bits per heavy atom. The lowest BCUT2D eigenvalue weighted by molar-refractivity contribution is 0.0694. The van der Waals surface area contributed by atoms with Crippen molar-refractivity contribution in [2.24, 2.45) is 5.92 Å². The minimum Gasteiger partial charge on any atom is -0.497 e. The Kier molecular flexibility index (Phi) is 5.31. The largest absolute Gasteiger partial charge is 0.497 e. The van der Waals surface area contributed by atoms with Gasteiger partial charge in [0.05, 0.1) is 25.8 Å². The number of aliphatic hydroxyl groups excluding tert-OH is 1. The lowest BCUT2D eigenvalue weighted by atomic mass is 9.81. The van der Waals surface area contributed by atoms with Crippen LogP contribution in [0.1, 0.15) is 28.4 Å². The molecule has 0 aliphatic carbocycles. The number of hydrogen-bond donors (Lipinski definition) is 1. The number of methoxy groups -OCH3 is 1. The molecule has 0 saturated carbocycles. The number of likely N-dealkylation sites (N-methyl/N-ethyl adjacent to an activating group) is 1. The number of fused-ring (bicyclic) bond motifs is 3. The van der Waals surface area contributed by atoms with Crippen LogP contribution in [0.25, 0.3) is 11.1 Å². The zero-order chi connectivity index (χ0) is 22.2. The van der Waals surface area contributed by atoms with Gasteiger partial charge in [0.15, 0.2) is 0 Å². The second-order valence-electron chi connectivity index (χ2n) is 8.49. The Hall–Kier alpha value is -3.38. The molecule has 2 aliphatic heterocycles. The van der Waals surface area contributed by atoms with Crippen LogP contribution >= 0.6 is 0 Å². The van der Waals surface area contributed by atoms with Crippen molar-refractivity contribution in [1.29, 1.82) is 0 Å². The molecule has 32 heavy (non-hydrogen) atoms. The van der Waals surface area contributed by atoms with E-state index in [0.29, 0.717) is 12.1 Å². The Bertz CT molecular complexity index is 1120. The Labute approximate surface area is 188 Å². The van der Waals surface area contributed by atoms with Crippen molar-refractivity contribution in [2.45, 2.75) is 18.5 Å². The summed E-state index contributed by atoms with van der Waals surface area (Å²) >= 11 is 0. The average Bonchev–Trinajstić information content (AvgIpc) is 3.29. The van der Waals surface area contributed by atoms with E-state index in [2.05, 4.69) is 40.2 Å². The third-order valence-corrected chi connectivity index (χ3v) is 6.96. The van der Waals surface area contributed by atoms with E-state index >= 15 is 0 Å². The topological polar surface area (TPSA) is 65.9 Å². The highest BCUT2D eigenvalue weighted by molar-refractivity contribution is 5.95. The van der Waals surface area contributed by atoms with E-state index in [1.165, 1.54) is 0 Å². The highest BCUT2D eigenvalue weighted by atomic mass is 16.5. The molecule has 2 aromatic carbocycles. The van der Waals surface area contributed by atoms with Crippen molar-refractivity contribution in [3.05, 3.63) is 78.1 Å². The molecule has 0 bridgehead atoms. The molecule has 0 spiro atoms. The van der Waals surface area contributed by atoms with E-state index in [9.17, 15) is 9.90 Å². The fourth-order valence-electron chi connectivity index (χ4n) is 5.31. The summed E-state index contributed by atoms with van der Waals surface area (Å²) in [6.07, 6.45) is 4.17. The maximum absolute atomic E-state index is 13.4. The third kappa shape index (κ3) is 3.31. The molecule has 0 radical (unpaired) electrons. The van der Waals surface area contributed by atoms with Crippen LogP contribution in [0.4, 0.5) is 5.69 Å². The molecule has 6 heteroatoms. The van der Waals surface area contributed by atoms with Crippen LogP contribution in [0.15, 0.2) is 67.0 Å². The highest BCUT2D eigenvalue weighted by Gasteiger charge is 2.47. The minimum atomic E-state index is -0.0720. The first-order valence-corrected chi connectivity index (χ1v) is 11.0. The number of carbonyl (C=O) groups is 1. The van der Waals surface area contributed by atoms with Gasteiger partial charge in [-0.3, -0.25) is 9.78 Å². The van der Waals surface area contributed by atoms with Crippen LogP contribution in [-0.2, 0) is 0 Å². The quantitative estimate of drug-likeness (QED) is 0.684. The molecule has 164 valence electrons. The van der Waals surface area contributed by atoms with Crippen LogP contribution in [-0.4, -0.2) is 54.2 Å². The number of anilines is 1. The summed E-state index contributed by atoms with van der Waals surface area (Å²) in [5.74, 6) is 1.01. The van der Waals surface area contributed by atoms with Crippen LogP contribution in [0.2, 0.25) is 0 Å². The van der Waals surface area contributed by atoms with Crippen molar-refractivity contribution < 1.29 is 14.6 Å². The normalized spacial score (nSPS) is 21.8. The number of rotatable bonds is 4. The van der Waals surface area contributed by atoms with Gasteiger partial charge < -0.3 is 19.6 Å². The van der Waals surface area contributed by atoms with Gasteiger partial charge in [-0.05, 0) is 59.5 Å². The molecule has 2 aliphatic rings. The highest BCUT2D eigenvalue weighted by Crippen LogP contribution is 2.49. The van der Waals surface area contributed by atoms with Crippen molar-refractivity contribution >= 4 is 11.6 Å². The van der Waals surface area contributed by atoms with Crippen LogP contribution in [0, 0.1) is 5.92 Å². The third-order valence-electron chi connectivity index (χ3n) is 6.96. The maximum Gasteiger partial charge on any atom is 0.254 e. The number of aliphatic hydroxyl groups is 1. The Balaban J connectivity index is 1.59. The first-order chi connectivity index (χ1) is 15.6. The maximum atomic E-state index is 13.4. The molecule has 1 amide bonds. The van der Waals surface area contributed by atoms with Crippen molar-refractivity contribution in [3.63, 3.8) is 0 Å². The van der Waals surface area contributed by atoms with Crippen LogP contribution < -0.4 is 9.64 Å². The van der Waals surface area contributed by atoms with Crippen molar-refractivity contribution in [3.8, 4) is 16.9 Å². The SMILES string of the molecule is COc1ccc(-c2ccc3c(c2)[C@@H]2[C@@H](CCN2C(=O)c2ccncc2)[C@H](CO)N3C)cc1. The summed E-state index contributed by atoms with van der Waals surface area (Å²) in [5.41, 5.74) is 5.05. The lowest BCUT2D eigenvalue weighted by Gasteiger charge is -2.44. The minimum absolute atomic E-state index is 0.0157. The summed E-state index contributed by atoms with van der Waals surface area (Å²) in [6, 6.07) is 17.9. The van der Waals surface area contributed by atoms with E-state index in [-0.39, 0.29) is 30.5 Å². The monoisotopic (exact) mass is 429 g/mol. The molecule has 1 N–H and O–H groups in total. The standard InChI is InChI=1S/C26H27N3O3/c1-28-23-8-5-19(17-3-6-20(32-2)7-4-17)15-22(23)25-21(24(28)16-30)11-14-29(25)26(31)18-9-12-27-13-10-18/h3-10,12-13,15,21,24-25,30H,11,14,16H2,1-2H3/t21-,24-,25-/m0/s1. The predicted octanol–water partition coefficient (Wildman–Crippen LogP) is 3.77. The second kappa shape index (κ2) is 8.28. The fraction of sp³-hybridized carbons (Fsp3) is 0.308. The number of pyridine rings is 1. The molecule has 1 aromatic heterocycles. The van der Waals surface area contributed by atoms with E-state index in [1.54, 1.807) is 31.6 Å². The van der Waals surface area contributed by atoms with Crippen molar-refractivity contribution in [2.75, 3.05) is 32.2 Å². The predicted molar refractivity (Wildman–Crippen MR) is 124 cm³/mol. The first kappa shape index (κ1) is 20.5. The molecule has 3 atom stereocenters. The van der Waals surface area contributed by atoms with E-state index in [0.717, 1.165) is 34.5 Å². The molecule has 1 fully saturated rings. The smallest absolute Gasteiger partial charge is 0.254 e. The van der Waals surface area contributed by atoms with E-state index in [1.807, 2.05) is 24.1 Å². The van der Waals surface area contributed by atoms with Gasteiger partial charge in [0.1, 0.15) is 5.75 Å². The summed E-state index contributed by atoms with van der Waals surface area (Å²) in [6.45, 7) is 0.738. The number of amides is 1. The molecular weight excluding hydrogens is 402 g/mol. The van der Waals surface area contributed by atoms with Gasteiger partial charge in [-0.1, -0.05) is 18.2 Å². The van der Waals surface area contributed by atoms with Crippen LogP contribution in [0.5, 0.6) is 5.75 Å². The molecule has 3 aromatic rings. The van der Waals surface area contributed by atoms with Gasteiger partial charge in [0, 0.05) is 43.2 Å². The Morgan fingerprint density at radius 2 is 1.81 bits per heavy atom. The average molecular weight is 430 g/mol. The first-order valence-electron chi connectivity index (χ1n) is 11.0. The number of likely N-dealkylation sites (tertiary alicyclic amines) is 1. The molecular formula is C26H27N3O3. The molecule has 5 rings (SSSR count). The molecule has 1 saturated heterocycles. The van der Waals surface area contributed by atoms with Gasteiger partial charge in [-0.15, -0.1) is 0 Å². The van der Waals surface area contributed by atoms with Gasteiger partial charge in [-0.25, -0.2) is 0 Å². The zero-order valence-corrected chi connectivity index (χ0v) is 18.3. The van der Waals surface area contributed by atoms with Gasteiger partial charge in [0.2, 0.25) is 0 Å². The number of carbonyl (C=O) groups excluding carboxylic acids is 1. The van der Waals surface area contributed by atoms with Gasteiger partial charge in [0.25, 0.3) is 5.91 Å². The summed E-state index contributed by atoms with van der Waals surface area (Å²) in [5, 5.41) is 10.2. The van der Waals surface area contributed by atoms with Crippen LogP contribution in [0.3, 0.4) is 0 Å². The van der Waals surface area contributed by atoms with Crippen molar-refractivity contribution in [1.82, 2.24) is 9.88 Å². The summed E-state index contributed by atoms with van der Waals surface area (Å²) in [7, 11) is 3.70. The molecule has 0 unspecified atom stereocenters. The number of benzene rings is 2. The van der Waals surface area contributed by atoms with E-state index in [4.69, 9.17) is 4.74 Å². The van der Waals surface area contributed by atoms with Gasteiger partial charge in [-0.2, -0.15) is 0 Å². The summed E-state index contributed by atoms with van der Waals surface area (Å²) in [4.78, 5) is 21.6. The number of ether oxygens (including phenoxy) is 1. The fourth-order valence-corrected chi connectivity index (χ4v) is 5.31. The van der Waals surface area contributed by atoms with E-state index < -0.39 is 0 Å². The second-order valence-corrected chi connectivity index (χ2v) is 8.49. The molecule has 6 nitrogen and oxygen atoms in total. The summed E-state index contributed by atoms with van der Waals surface area (Å²) < 4.78 is 5.29. The number of nitrogens with zero attached hydrogens (tertiary/aromatic N) is 3. The molecule has 3 heterocycles.